The molecule has 5 unspecified atom stereocenters. The van der Waals surface area contributed by atoms with Crippen LogP contribution in [0.1, 0.15) is 58.8 Å². The quantitative estimate of drug-likeness (QED) is 0.828. The van der Waals surface area contributed by atoms with Crippen LogP contribution < -0.4 is 0 Å². The number of hydrogen-bond donors (Lipinski definition) is 1. The molecule has 1 N–H and O–H groups in total. The molecule has 3 fully saturated rings. The minimum Gasteiger partial charge on any atom is -0.393 e. The van der Waals surface area contributed by atoms with Gasteiger partial charge >= 0.3 is 0 Å². The molecule has 3 aliphatic rings. The fraction of sp³-hybridized carbons (Fsp3) is 1.00. The van der Waals surface area contributed by atoms with Crippen LogP contribution in [0.25, 0.3) is 0 Å². The SMILES string of the molecule is CC1CC(C)CC(C(O)C2CC3CCC(C2)N3C)C1. The summed E-state index contributed by atoms with van der Waals surface area (Å²) in [6, 6.07) is 1.52. The van der Waals surface area contributed by atoms with Crippen molar-refractivity contribution in [1.29, 1.82) is 0 Å². The van der Waals surface area contributed by atoms with E-state index in [4.69, 9.17) is 0 Å². The predicted octanol–water partition coefficient (Wildman–Crippen LogP) is 3.29. The molecule has 0 aromatic rings. The monoisotopic (exact) mass is 265 g/mol. The van der Waals surface area contributed by atoms with Gasteiger partial charge in [-0.15, -0.1) is 0 Å². The first kappa shape index (κ1) is 13.9. The van der Waals surface area contributed by atoms with E-state index in [1.807, 2.05) is 0 Å². The van der Waals surface area contributed by atoms with Gasteiger partial charge in [-0.1, -0.05) is 13.8 Å². The van der Waals surface area contributed by atoms with Gasteiger partial charge in [0, 0.05) is 12.1 Å². The fourth-order valence-corrected chi connectivity index (χ4v) is 5.41. The molecule has 2 heteroatoms. The van der Waals surface area contributed by atoms with Crippen LogP contribution in [0.3, 0.4) is 0 Å². The molecule has 2 saturated heterocycles. The van der Waals surface area contributed by atoms with Crippen molar-refractivity contribution in [3.05, 3.63) is 0 Å². The van der Waals surface area contributed by atoms with Gasteiger partial charge in [0.15, 0.2) is 0 Å². The van der Waals surface area contributed by atoms with Gasteiger partial charge < -0.3 is 10.0 Å². The van der Waals surface area contributed by atoms with Crippen molar-refractivity contribution in [3.8, 4) is 0 Å². The second kappa shape index (κ2) is 5.37. The second-order valence-corrected chi connectivity index (χ2v) is 7.95. The van der Waals surface area contributed by atoms with E-state index in [0.717, 1.165) is 23.9 Å². The lowest BCUT2D eigenvalue weighted by Gasteiger charge is -2.42. The Morgan fingerprint density at radius 2 is 1.32 bits per heavy atom. The molecule has 0 amide bonds. The van der Waals surface area contributed by atoms with Crippen LogP contribution in [0, 0.1) is 23.7 Å². The molecule has 0 aromatic carbocycles. The van der Waals surface area contributed by atoms with Crippen LogP contribution in [0.5, 0.6) is 0 Å². The first-order chi connectivity index (χ1) is 9.04. The Labute approximate surface area is 118 Å². The molecule has 2 bridgehead atoms. The van der Waals surface area contributed by atoms with E-state index in [-0.39, 0.29) is 6.10 Å². The zero-order valence-corrected chi connectivity index (χ0v) is 12.9. The molecule has 0 aromatic heterocycles. The molecule has 2 heterocycles. The lowest BCUT2D eigenvalue weighted by Crippen LogP contribution is -2.45. The highest BCUT2D eigenvalue weighted by molar-refractivity contribution is 4.96. The van der Waals surface area contributed by atoms with Crippen molar-refractivity contribution in [2.45, 2.75) is 77.0 Å². The molecule has 0 spiro atoms. The molecule has 1 aliphatic carbocycles. The third kappa shape index (κ3) is 2.71. The second-order valence-electron chi connectivity index (χ2n) is 7.95. The Balaban J connectivity index is 1.63. The van der Waals surface area contributed by atoms with Gasteiger partial charge in [0.25, 0.3) is 0 Å². The topological polar surface area (TPSA) is 23.5 Å². The largest absolute Gasteiger partial charge is 0.393 e. The predicted molar refractivity (Wildman–Crippen MR) is 79.0 cm³/mol. The normalized spacial score (nSPS) is 49.3. The number of piperidine rings is 1. The molecular weight excluding hydrogens is 234 g/mol. The summed E-state index contributed by atoms with van der Waals surface area (Å²) in [6.45, 7) is 4.74. The molecular formula is C17H31NO. The third-order valence-electron chi connectivity index (χ3n) is 6.32. The maximum absolute atomic E-state index is 10.9. The third-order valence-corrected chi connectivity index (χ3v) is 6.32. The summed E-state index contributed by atoms with van der Waals surface area (Å²) in [5, 5.41) is 10.9. The summed E-state index contributed by atoms with van der Waals surface area (Å²) in [7, 11) is 2.29. The molecule has 19 heavy (non-hydrogen) atoms. The van der Waals surface area contributed by atoms with Crippen LogP contribution >= 0.6 is 0 Å². The molecule has 110 valence electrons. The van der Waals surface area contributed by atoms with Crippen molar-refractivity contribution in [1.82, 2.24) is 4.90 Å². The van der Waals surface area contributed by atoms with E-state index in [0.29, 0.717) is 11.8 Å². The molecule has 0 radical (unpaired) electrons. The molecule has 5 atom stereocenters. The van der Waals surface area contributed by atoms with E-state index >= 15 is 0 Å². The smallest absolute Gasteiger partial charge is 0.0597 e. The number of aliphatic hydroxyl groups excluding tert-OH is 1. The lowest BCUT2D eigenvalue weighted by molar-refractivity contribution is -0.0216. The van der Waals surface area contributed by atoms with Gasteiger partial charge in [0.05, 0.1) is 6.10 Å². The number of hydrogen-bond acceptors (Lipinski definition) is 2. The van der Waals surface area contributed by atoms with Crippen molar-refractivity contribution < 1.29 is 5.11 Å². The average Bonchev–Trinajstić information content (AvgIpc) is 2.60. The van der Waals surface area contributed by atoms with Crippen LogP contribution in [-0.4, -0.2) is 35.2 Å². The molecule has 2 aliphatic heterocycles. The average molecular weight is 265 g/mol. The Kier molecular flexibility index (Phi) is 3.92. The lowest BCUT2D eigenvalue weighted by atomic mass is 9.70. The maximum atomic E-state index is 10.9. The first-order valence-corrected chi connectivity index (χ1v) is 8.44. The standard InChI is InChI=1S/C17H31NO/c1-11-6-12(2)8-13(7-11)17(19)14-9-15-4-5-16(10-14)18(15)3/h11-17,19H,4-10H2,1-3H3. The minimum atomic E-state index is -0.0259. The first-order valence-electron chi connectivity index (χ1n) is 8.44. The van der Waals surface area contributed by atoms with Crippen molar-refractivity contribution in [2.75, 3.05) is 7.05 Å². The highest BCUT2D eigenvalue weighted by Crippen LogP contribution is 2.43. The van der Waals surface area contributed by atoms with Crippen molar-refractivity contribution >= 4 is 0 Å². The van der Waals surface area contributed by atoms with Crippen molar-refractivity contribution in [3.63, 3.8) is 0 Å². The zero-order chi connectivity index (χ0) is 13.6. The summed E-state index contributed by atoms with van der Waals surface area (Å²) < 4.78 is 0. The Hall–Kier alpha value is -0.0800. The Morgan fingerprint density at radius 1 is 0.842 bits per heavy atom. The van der Waals surface area contributed by atoms with Gasteiger partial charge in [-0.05, 0) is 75.7 Å². The highest BCUT2D eigenvalue weighted by atomic mass is 16.3. The summed E-state index contributed by atoms with van der Waals surface area (Å²) in [5.41, 5.74) is 0. The summed E-state index contributed by atoms with van der Waals surface area (Å²) in [5.74, 6) is 2.78. The molecule has 2 nitrogen and oxygen atoms in total. The van der Waals surface area contributed by atoms with Gasteiger partial charge in [-0.25, -0.2) is 0 Å². The Bertz CT molecular complexity index is 294. The zero-order valence-electron chi connectivity index (χ0n) is 12.9. The van der Waals surface area contributed by atoms with E-state index in [9.17, 15) is 5.11 Å². The number of nitrogens with zero attached hydrogens (tertiary/aromatic N) is 1. The van der Waals surface area contributed by atoms with Gasteiger partial charge in [-0.2, -0.15) is 0 Å². The van der Waals surface area contributed by atoms with E-state index < -0.39 is 0 Å². The van der Waals surface area contributed by atoms with E-state index in [1.54, 1.807) is 0 Å². The number of rotatable bonds is 2. The highest BCUT2D eigenvalue weighted by Gasteiger charge is 2.43. The van der Waals surface area contributed by atoms with E-state index in [2.05, 4.69) is 25.8 Å². The van der Waals surface area contributed by atoms with E-state index in [1.165, 1.54) is 44.9 Å². The summed E-state index contributed by atoms with van der Waals surface area (Å²) in [4.78, 5) is 2.58. The maximum Gasteiger partial charge on any atom is 0.0597 e. The van der Waals surface area contributed by atoms with Gasteiger partial charge in [0.2, 0.25) is 0 Å². The molecule has 3 rings (SSSR count). The number of fused-ring (bicyclic) bond motifs is 2. The number of aliphatic hydroxyl groups is 1. The molecule has 1 saturated carbocycles. The fourth-order valence-electron chi connectivity index (χ4n) is 5.41. The summed E-state index contributed by atoms with van der Waals surface area (Å²) in [6.07, 6.45) is 9.06. The van der Waals surface area contributed by atoms with Crippen LogP contribution in [0.15, 0.2) is 0 Å². The Morgan fingerprint density at radius 3 is 1.84 bits per heavy atom. The van der Waals surface area contributed by atoms with Gasteiger partial charge in [0.1, 0.15) is 0 Å². The van der Waals surface area contributed by atoms with Crippen LogP contribution in [0.2, 0.25) is 0 Å². The van der Waals surface area contributed by atoms with Crippen LogP contribution in [0.4, 0.5) is 0 Å². The minimum absolute atomic E-state index is 0.0259. The van der Waals surface area contributed by atoms with Crippen LogP contribution in [-0.2, 0) is 0 Å². The summed E-state index contributed by atoms with van der Waals surface area (Å²) >= 11 is 0. The van der Waals surface area contributed by atoms with Crippen molar-refractivity contribution in [2.24, 2.45) is 23.7 Å². The van der Waals surface area contributed by atoms with Gasteiger partial charge in [-0.3, -0.25) is 0 Å².